The number of hydrogen-bond donors (Lipinski definition) is 2. The van der Waals surface area contributed by atoms with Gasteiger partial charge in [0, 0.05) is 117 Å². The molecule has 4 saturated heterocycles. The van der Waals surface area contributed by atoms with E-state index in [-0.39, 0.29) is 47.1 Å². The van der Waals surface area contributed by atoms with Gasteiger partial charge in [-0.1, -0.05) is 23.7 Å². The highest BCUT2D eigenvalue weighted by atomic mass is 35.5. The van der Waals surface area contributed by atoms with Crippen molar-refractivity contribution in [3.8, 4) is 28.1 Å². The number of nitrogens with zero attached hydrogens (tertiary/aromatic N) is 7. The zero-order valence-electron chi connectivity index (χ0n) is 33.4. The number of piperidine rings is 2. The van der Waals surface area contributed by atoms with Crippen LogP contribution in [0.2, 0.25) is 5.02 Å². The minimum absolute atomic E-state index is 0.0496. The third-order valence-corrected chi connectivity index (χ3v) is 13.9. The molecule has 2 aromatic heterocycles. The summed E-state index contributed by atoms with van der Waals surface area (Å²) in [4.78, 5) is 35.4. The SMILES string of the molecule is O=C1CC[C@H](c2ccc(N3CCC(CN4CCN(c5ccc(-n6cc(-c7cc(Cl)cc(NS(=O)(=O)N8CC(F)C8)c7F)c(-c7ccncc7)n6)cc5)CC4)CC3)cc2)C(=O)N1. The Morgan fingerprint density at radius 3 is 2.10 bits per heavy atom. The van der Waals surface area contributed by atoms with Gasteiger partial charge in [-0.05, 0) is 91.4 Å². The van der Waals surface area contributed by atoms with Gasteiger partial charge in [-0.3, -0.25) is 29.5 Å². The van der Waals surface area contributed by atoms with Gasteiger partial charge >= 0.3 is 10.2 Å². The maximum absolute atomic E-state index is 16.3. The molecule has 0 spiro atoms. The van der Waals surface area contributed by atoms with Crippen LogP contribution in [0.1, 0.15) is 37.2 Å². The van der Waals surface area contributed by atoms with Crippen molar-refractivity contribution in [1.29, 1.82) is 0 Å². The zero-order chi connectivity index (χ0) is 42.3. The molecular weight excluding hydrogens is 824 g/mol. The van der Waals surface area contributed by atoms with E-state index in [0.717, 1.165) is 79.9 Å². The lowest BCUT2D eigenvalue weighted by Crippen LogP contribution is -2.53. The summed E-state index contributed by atoms with van der Waals surface area (Å²) in [5.74, 6) is -0.872. The van der Waals surface area contributed by atoms with Crippen molar-refractivity contribution in [1.82, 2.24) is 29.3 Å². The largest absolute Gasteiger partial charge is 0.372 e. The first kappa shape index (κ1) is 41.0. The molecule has 3 aromatic carbocycles. The number of imide groups is 1. The van der Waals surface area contributed by atoms with Gasteiger partial charge in [0.25, 0.3) is 0 Å². The smallest absolute Gasteiger partial charge is 0.301 e. The number of halogens is 3. The molecule has 0 saturated carbocycles. The molecule has 0 bridgehead atoms. The van der Waals surface area contributed by atoms with Gasteiger partial charge in [-0.25, -0.2) is 13.5 Å². The van der Waals surface area contributed by atoms with E-state index in [9.17, 15) is 22.4 Å². The van der Waals surface area contributed by atoms with Crippen LogP contribution in [-0.2, 0) is 19.8 Å². The monoisotopic (exact) mass is 869 g/mol. The van der Waals surface area contributed by atoms with Crippen molar-refractivity contribution < 1.29 is 26.8 Å². The van der Waals surface area contributed by atoms with Crippen LogP contribution in [0.5, 0.6) is 0 Å². The van der Waals surface area contributed by atoms with Crippen molar-refractivity contribution in [3.05, 3.63) is 108 Å². The molecular formula is C44H46ClF2N9O4S. The molecule has 1 atom stereocenters. The minimum Gasteiger partial charge on any atom is -0.372 e. The van der Waals surface area contributed by atoms with E-state index in [1.165, 1.54) is 17.8 Å². The lowest BCUT2D eigenvalue weighted by molar-refractivity contribution is -0.134. The van der Waals surface area contributed by atoms with Crippen LogP contribution in [0.4, 0.5) is 25.8 Å². The van der Waals surface area contributed by atoms with Crippen LogP contribution in [0.15, 0.2) is 91.4 Å². The number of anilines is 3. The fourth-order valence-electron chi connectivity index (χ4n) is 8.75. The first-order valence-corrected chi connectivity index (χ1v) is 22.5. The van der Waals surface area contributed by atoms with Crippen LogP contribution in [0.3, 0.4) is 0 Å². The Morgan fingerprint density at radius 1 is 0.803 bits per heavy atom. The predicted octanol–water partition coefficient (Wildman–Crippen LogP) is 6.26. The van der Waals surface area contributed by atoms with Crippen LogP contribution in [0.25, 0.3) is 28.1 Å². The molecule has 4 aliphatic heterocycles. The Labute approximate surface area is 358 Å². The summed E-state index contributed by atoms with van der Waals surface area (Å²) in [5.41, 5.74) is 5.21. The van der Waals surface area contributed by atoms with E-state index >= 15 is 4.39 Å². The molecule has 17 heteroatoms. The second-order valence-electron chi connectivity index (χ2n) is 16.2. The van der Waals surface area contributed by atoms with Crippen molar-refractivity contribution in [2.24, 2.45) is 5.92 Å². The molecule has 318 valence electrons. The summed E-state index contributed by atoms with van der Waals surface area (Å²) in [5, 5.41) is 7.42. The molecule has 5 aromatic rings. The lowest BCUT2D eigenvalue weighted by Gasteiger charge is -2.40. The Morgan fingerprint density at radius 2 is 1.44 bits per heavy atom. The van der Waals surface area contributed by atoms with E-state index in [2.05, 4.69) is 54.0 Å². The highest BCUT2D eigenvalue weighted by Crippen LogP contribution is 2.39. The van der Waals surface area contributed by atoms with Gasteiger partial charge in [-0.15, -0.1) is 0 Å². The normalized spacial score (nSPS) is 19.8. The summed E-state index contributed by atoms with van der Waals surface area (Å²) in [6, 6.07) is 22.5. The van der Waals surface area contributed by atoms with Gasteiger partial charge in [-0.2, -0.15) is 17.8 Å². The second kappa shape index (κ2) is 17.2. The van der Waals surface area contributed by atoms with Gasteiger partial charge < -0.3 is 9.80 Å². The first-order chi connectivity index (χ1) is 29.5. The van der Waals surface area contributed by atoms with Crippen molar-refractivity contribution in [3.63, 3.8) is 0 Å². The Bertz CT molecular complexity index is 2510. The topological polar surface area (TPSA) is 136 Å². The van der Waals surface area contributed by atoms with Gasteiger partial charge in [0.1, 0.15) is 11.9 Å². The van der Waals surface area contributed by atoms with Crippen LogP contribution in [-0.4, -0.2) is 109 Å². The minimum atomic E-state index is -4.19. The highest BCUT2D eigenvalue weighted by Gasteiger charge is 2.37. The number of amides is 2. The number of carbonyl (C=O) groups excluding carboxylic acids is 2. The molecule has 4 fully saturated rings. The number of alkyl halides is 1. The van der Waals surface area contributed by atoms with Crippen LogP contribution >= 0.6 is 11.6 Å². The fraction of sp³-hybridized carbons (Fsp3) is 0.364. The van der Waals surface area contributed by atoms with Gasteiger partial charge in [0.15, 0.2) is 5.82 Å². The maximum atomic E-state index is 16.3. The number of piperazine rings is 1. The first-order valence-electron chi connectivity index (χ1n) is 20.7. The summed E-state index contributed by atoms with van der Waals surface area (Å²) in [6.45, 7) is 6.23. The Kier molecular flexibility index (Phi) is 11.5. The quantitative estimate of drug-likeness (QED) is 0.148. The Balaban J connectivity index is 0.822. The van der Waals surface area contributed by atoms with Gasteiger partial charge in [0.2, 0.25) is 11.8 Å². The molecule has 2 N–H and O–H groups in total. The molecule has 0 radical (unpaired) electrons. The summed E-state index contributed by atoms with van der Waals surface area (Å²) in [6.07, 6.45) is 6.85. The maximum Gasteiger partial charge on any atom is 0.301 e. The number of aromatic nitrogens is 3. The van der Waals surface area contributed by atoms with E-state index in [4.69, 9.17) is 16.7 Å². The fourth-order valence-corrected chi connectivity index (χ4v) is 10.2. The average Bonchev–Trinajstić information content (AvgIpc) is 3.70. The molecule has 0 aliphatic carbocycles. The number of nitrogens with one attached hydrogen (secondary N) is 2. The van der Waals surface area contributed by atoms with E-state index in [1.807, 2.05) is 24.3 Å². The lowest BCUT2D eigenvalue weighted by atomic mass is 9.90. The standard InChI is InChI=1S/C44H46ClF2N9O4S/c45-32-23-38(42(47)40(24-32)51-61(59,60)55-26-33(46)27-55)39-28-56(50-43(39)31-11-15-48-16-12-31)36-7-5-35(6-8-36)54-21-19-52(20-22-54)25-29-13-17-53(18-14-29)34-3-1-30(2-4-34)37-9-10-41(57)49-44(37)58/h1-8,11-12,15-16,23-24,28-29,33,37,51H,9-10,13-14,17-22,25-27H2,(H,49,57,58)/t37-/m1/s1. The molecule has 6 heterocycles. The van der Waals surface area contributed by atoms with E-state index in [0.29, 0.717) is 35.6 Å². The van der Waals surface area contributed by atoms with Crippen molar-refractivity contribution >= 4 is 50.7 Å². The summed E-state index contributed by atoms with van der Waals surface area (Å²) < 4.78 is 60.2. The molecule has 9 rings (SSSR count). The summed E-state index contributed by atoms with van der Waals surface area (Å²) >= 11 is 6.44. The van der Waals surface area contributed by atoms with E-state index in [1.54, 1.807) is 35.4 Å². The zero-order valence-corrected chi connectivity index (χ0v) is 35.0. The Hall–Kier alpha value is -5.42. The van der Waals surface area contributed by atoms with Gasteiger partial charge in [0.05, 0.1) is 17.3 Å². The van der Waals surface area contributed by atoms with Crippen molar-refractivity contribution in [2.75, 3.05) is 73.4 Å². The number of benzene rings is 3. The molecule has 4 aliphatic rings. The van der Waals surface area contributed by atoms with Crippen LogP contribution in [0, 0.1) is 11.7 Å². The van der Waals surface area contributed by atoms with E-state index < -0.39 is 22.2 Å². The van der Waals surface area contributed by atoms with Crippen molar-refractivity contribution in [2.45, 2.75) is 37.8 Å². The van der Waals surface area contributed by atoms with Crippen LogP contribution < -0.4 is 19.8 Å². The highest BCUT2D eigenvalue weighted by molar-refractivity contribution is 7.90. The number of rotatable bonds is 11. The molecule has 0 unspecified atom stereocenters. The molecule has 13 nitrogen and oxygen atoms in total. The second-order valence-corrected chi connectivity index (χ2v) is 18.3. The molecule has 61 heavy (non-hydrogen) atoms. The average molecular weight is 870 g/mol. The third-order valence-electron chi connectivity index (χ3n) is 12.3. The predicted molar refractivity (Wildman–Crippen MR) is 231 cm³/mol. The summed E-state index contributed by atoms with van der Waals surface area (Å²) in [7, 11) is -4.19. The number of hydrogen-bond acceptors (Lipinski definition) is 9. The number of pyridine rings is 1. The molecule has 2 amide bonds. The number of carbonyl (C=O) groups is 2. The third kappa shape index (κ3) is 8.85.